The molecule has 1 atom stereocenters. The first-order chi connectivity index (χ1) is 11.7. The molecular formula is C16H16N4O4S. The molecule has 130 valence electrons. The van der Waals surface area contributed by atoms with Gasteiger partial charge in [-0.25, -0.2) is 4.90 Å². The number of carbonyl (C=O) groups excluding carboxylic acids is 4. The van der Waals surface area contributed by atoms with Crippen LogP contribution >= 0.6 is 11.8 Å². The molecule has 8 nitrogen and oxygen atoms in total. The van der Waals surface area contributed by atoms with Crippen molar-refractivity contribution in [1.82, 2.24) is 10.3 Å². The molecule has 2 aliphatic heterocycles. The van der Waals surface area contributed by atoms with Gasteiger partial charge in [-0.05, 0) is 24.8 Å². The summed E-state index contributed by atoms with van der Waals surface area (Å²) in [6, 6.07) is 5.22. The van der Waals surface area contributed by atoms with Crippen molar-refractivity contribution in [2.24, 2.45) is 5.10 Å². The molecule has 2 heterocycles. The average Bonchev–Trinajstić information content (AvgIpc) is 2.98. The quantitative estimate of drug-likeness (QED) is 0.745. The summed E-state index contributed by atoms with van der Waals surface area (Å²) in [6.45, 7) is 5.72. The predicted molar refractivity (Wildman–Crippen MR) is 92.4 cm³/mol. The zero-order chi connectivity index (χ0) is 18.5. The van der Waals surface area contributed by atoms with E-state index in [0.29, 0.717) is 11.3 Å². The number of nitrogens with one attached hydrogen (secondary N) is 1. The molecule has 0 fully saturated rings. The van der Waals surface area contributed by atoms with E-state index in [-0.39, 0.29) is 11.1 Å². The maximum absolute atomic E-state index is 13.2. The molecule has 1 aromatic carbocycles. The molecule has 1 spiro atoms. The molecule has 1 N–H and O–H groups in total. The van der Waals surface area contributed by atoms with E-state index in [0.717, 1.165) is 27.2 Å². The lowest BCUT2D eigenvalue weighted by Crippen LogP contribution is -2.49. The lowest BCUT2D eigenvalue weighted by molar-refractivity contribution is -0.140. The van der Waals surface area contributed by atoms with Gasteiger partial charge in [-0.1, -0.05) is 17.7 Å². The Hall–Kier alpha value is -2.68. The van der Waals surface area contributed by atoms with Crippen LogP contribution in [0.2, 0.25) is 0 Å². The Morgan fingerprint density at radius 3 is 2.40 bits per heavy atom. The molecule has 3 rings (SSSR count). The number of hydrazone groups is 1. The number of hydrogen-bond donors (Lipinski definition) is 1. The van der Waals surface area contributed by atoms with Crippen LogP contribution in [0.4, 0.5) is 5.69 Å². The van der Waals surface area contributed by atoms with Crippen molar-refractivity contribution in [3.05, 3.63) is 29.3 Å². The third-order valence-electron chi connectivity index (χ3n) is 3.88. The minimum atomic E-state index is -1.53. The number of amides is 4. The second-order valence-corrected chi connectivity index (χ2v) is 7.03. The van der Waals surface area contributed by atoms with E-state index in [1.165, 1.54) is 20.8 Å². The average molecular weight is 360 g/mol. The van der Waals surface area contributed by atoms with Gasteiger partial charge in [0, 0.05) is 26.3 Å². The van der Waals surface area contributed by atoms with Gasteiger partial charge in [0.2, 0.25) is 22.6 Å². The summed E-state index contributed by atoms with van der Waals surface area (Å²) < 4.78 is 0. The summed E-state index contributed by atoms with van der Waals surface area (Å²) >= 11 is 0.946. The Morgan fingerprint density at radius 2 is 1.84 bits per heavy atom. The Morgan fingerprint density at radius 1 is 1.16 bits per heavy atom. The Kier molecular flexibility index (Phi) is 3.91. The van der Waals surface area contributed by atoms with Crippen LogP contribution in [0.25, 0.3) is 0 Å². The van der Waals surface area contributed by atoms with Gasteiger partial charge in [0.1, 0.15) is 0 Å². The third-order valence-corrected chi connectivity index (χ3v) is 5.12. The fourth-order valence-electron chi connectivity index (χ4n) is 2.97. The topological polar surface area (TPSA) is 99.2 Å². The first kappa shape index (κ1) is 17.2. The summed E-state index contributed by atoms with van der Waals surface area (Å²) in [4.78, 5) is 48.3. The van der Waals surface area contributed by atoms with Gasteiger partial charge in [0.15, 0.2) is 5.17 Å². The van der Waals surface area contributed by atoms with E-state index in [9.17, 15) is 19.2 Å². The number of anilines is 1. The summed E-state index contributed by atoms with van der Waals surface area (Å²) in [5, 5.41) is 7.79. The Labute approximate surface area is 148 Å². The van der Waals surface area contributed by atoms with Gasteiger partial charge in [0.05, 0.1) is 5.69 Å². The summed E-state index contributed by atoms with van der Waals surface area (Å²) in [5.74, 6) is -1.88. The number of amidine groups is 1. The predicted octanol–water partition coefficient (Wildman–Crippen LogP) is 1.04. The smallest absolute Gasteiger partial charge is 0.277 e. The molecule has 4 amide bonds. The SMILES string of the molecule is CC(=O)NC1=NN(C(C)=O)[C@]2(S1)C(=O)N(C(C)=O)c1ccc(C)cc12. The van der Waals surface area contributed by atoms with Crippen LogP contribution in [0.15, 0.2) is 23.3 Å². The number of thioether (sulfide) groups is 1. The highest BCUT2D eigenvalue weighted by Gasteiger charge is 2.62. The van der Waals surface area contributed by atoms with Gasteiger partial charge in [-0.3, -0.25) is 19.2 Å². The zero-order valence-electron chi connectivity index (χ0n) is 14.1. The van der Waals surface area contributed by atoms with Gasteiger partial charge in [-0.2, -0.15) is 5.01 Å². The van der Waals surface area contributed by atoms with Crippen molar-refractivity contribution in [2.75, 3.05) is 4.90 Å². The molecule has 0 saturated heterocycles. The monoisotopic (exact) mass is 360 g/mol. The molecule has 25 heavy (non-hydrogen) atoms. The van der Waals surface area contributed by atoms with Crippen LogP contribution in [-0.2, 0) is 24.0 Å². The van der Waals surface area contributed by atoms with E-state index >= 15 is 0 Å². The van der Waals surface area contributed by atoms with E-state index in [1.54, 1.807) is 18.2 Å². The first-order valence-corrected chi connectivity index (χ1v) is 8.32. The number of benzene rings is 1. The number of aryl methyl sites for hydroxylation is 1. The van der Waals surface area contributed by atoms with Crippen LogP contribution in [0.1, 0.15) is 31.9 Å². The minimum absolute atomic E-state index is 0.133. The molecular weight excluding hydrogens is 344 g/mol. The second-order valence-electron chi connectivity index (χ2n) is 5.84. The van der Waals surface area contributed by atoms with E-state index in [4.69, 9.17) is 0 Å². The maximum atomic E-state index is 13.2. The van der Waals surface area contributed by atoms with Crippen molar-refractivity contribution in [3.8, 4) is 0 Å². The van der Waals surface area contributed by atoms with Crippen molar-refractivity contribution in [1.29, 1.82) is 0 Å². The van der Waals surface area contributed by atoms with Gasteiger partial charge in [-0.15, -0.1) is 5.10 Å². The molecule has 9 heteroatoms. The number of hydrogen-bond acceptors (Lipinski definition) is 6. The van der Waals surface area contributed by atoms with Crippen LogP contribution in [0, 0.1) is 6.92 Å². The third kappa shape index (κ3) is 2.42. The number of carbonyl (C=O) groups is 4. The van der Waals surface area contributed by atoms with Gasteiger partial charge in [0.25, 0.3) is 5.91 Å². The van der Waals surface area contributed by atoms with E-state index in [2.05, 4.69) is 10.4 Å². The highest BCUT2D eigenvalue weighted by molar-refractivity contribution is 8.15. The summed E-state index contributed by atoms with van der Waals surface area (Å²) in [7, 11) is 0. The molecule has 1 aromatic rings. The fraction of sp³-hybridized carbons (Fsp3) is 0.312. The number of rotatable bonds is 0. The molecule has 0 unspecified atom stereocenters. The van der Waals surface area contributed by atoms with Gasteiger partial charge < -0.3 is 5.32 Å². The van der Waals surface area contributed by atoms with Crippen LogP contribution in [0.3, 0.4) is 0 Å². The van der Waals surface area contributed by atoms with E-state index in [1.807, 2.05) is 6.92 Å². The minimum Gasteiger partial charge on any atom is -0.304 e. The standard InChI is InChI=1S/C16H16N4O4S/c1-8-5-6-13-12(7-8)16(14(24)19(13)10(3)22)20(11(4)23)18-15(25-16)17-9(2)21/h5-7H,1-4H3,(H,17,18,21)/t16-/m1/s1. The first-order valence-electron chi connectivity index (χ1n) is 7.50. The second kappa shape index (κ2) is 5.69. The van der Waals surface area contributed by atoms with Crippen LogP contribution in [-0.4, -0.2) is 33.8 Å². The molecule has 0 bridgehead atoms. The van der Waals surface area contributed by atoms with Crippen LogP contribution in [0.5, 0.6) is 0 Å². The van der Waals surface area contributed by atoms with Crippen molar-refractivity contribution < 1.29 is 19.2 Å². The maximum Gasteiger partial charge on any atom is 0.277 e. The number of fused-ring (bicyclic) bond motifs is 2. The largest absolute Gasteiger partial charge is 0.304 e. The van der Waals surface area contributed by atoms with Crippen molar-refractivity contribution >= 4 is 46.2 Å². The number of nitrogens with zero attached hydrogens (tertiary/aromatic N) is 3. The normalized spacial score (nSPS) is 21.4. The van der Waals surface area contributed by atoms with Crippen molar-refractivity contribution in [2.45, 2.75) is 32.6 Å². The highest BCUT2D eigenvalue weighted by Crippen LogP contribution is 2.54. The zero-order valence-corrected chi connectivity index (χ0v) is 14.9. The molecule has 0 aromatic heterocycles. The van der Waals surface area contributed by atoms with Crippen LogP contribution < -0.4 is 10.2 Å². The summed E-state index contributed by atoms with van der Waals surface area (Å²) in [5.41, 5.74) is 1.78. The Balaban J connectivity index is 2.22. The highest BCUT2D eigenvalue weighted by atomic mass is 32.2. The number of imide groups is 1. The van der Waals surface area contributed by atoms with Crippen molar-refractivity contribution in [3.63, 3.8) is 0 Å². The Bertz CT molecular complexity index is 866. The van der Waals surface area contributed by atoms with E-state index < -0.39 is 22.6 Å². The molecule has 0 aliphatic carbocycles. The summed E-state index contributed by atoms with van der Waals surface area (Å²) in [6.07, 6.45) is 0. The molecule has 2 aliphatic rings. The lowest BCUT2D eigenvalue weighted by atomic mass is 10.0. The lowest BCUT2D eigenvalue weighted by Gasteiger charge is -2.29. The van der Waals surface area contributed by atoms with Gasteiger partial charge >= 0.3 is 0 Å². The molecule has 0 radical (unpaired) electrons. The molecule has 0 saturated carbocycles. The fourth-order valence-corrected chi connectivity index (χ4v) is 4.27.